The molecular weight excluding hydrogens is 276 g/mol. The number of hydrogen-bond donors (Lipinski definition) is 0. The van der Waals surface area contributed by atoms with E-state index in [2.05, 4.69) is 0 Å². The van der Waals surface area contributed by atoms with Crippen LogP contribution in [-0.2, 0) is 19.1 Å². The summed E-state index contributed by atoms with van der Waals surface area (Å²) in [6, 6.07) is 6.33. The van der Waals surface area contributed by atoms with Crippen molar-refractivity contribution in [1.82, 2.24) is 0 Å². The van der Waals surface area contributed by atoms with Gasteiger partial charge in [0.15, 0.2) is 5.78 Å². The molecule has 0 aromatic heterocycles. The van der Waals surface area contributed by atoms with Gasteiger partial charge in [0.25, 0.3) is 10.1 Å². The van der Waals surface area contributed by atoms with E-state index in [1.807, 2.05) is 6.92 Å². The zero-order valence-electron chi connectivity index (χ0n) is 12.9. The highest BCUT2D eigenvalue weighted by atomic mass is 32.2. The third kappa shape index (κ3) is 3.90. The molecule has 20 heavy (non-hydrogen) atoms. The Bertz CT molecular complexity index is 590. The summed E-state index contributed by atoms with van der Waals surface area (Å²) in [7, 11) is -3.96. The molecule has 0 heterocycles. The van der Waals surface area contributed by atoms with Crippen molar-refractivity contribution < 1.29 is 17.4 Å². The van der Waals surface area contributed by atoms with Crippen LogP contribution in [0.3, 0.4) is 0 Å². The summed E-state index contributed by atoms with van der Waals surface area (Å²) in [5.41, 5.74) is -1.12. The highest BCUT2D eigenvalue weighted by Crippen LogP contribution is 2.28. The van der Waals surface area contributed by atoms with Crippen molar-refractivity contribution in [3.05, 3.63) is 29.8 Å². The maximum Gasteiger partial charge on any atom is 0.297 e. The van der Waals surface area contributed by atoms with E-state index < -0.39 is 21.1 Å². The van der Waals surface area contributed by atoms with Crippen molar-refractivity contribution in [3.63, 3.8) is 0 Å². The molecule has 5 heteroatoms. The average molecular weight is 298 g/mol. The van der Waals surface area contributed by atoms with E-state index in [9.17, 15) is 13.2 Å². The number of carbonyl (C=O) groups is 1. The summed E-state index contributed by atoms with van der Waals surface area (Å²) >= 11 is 0. The highest BCUT2D eigenvalue weighted by Gasteiger charge is 2.40. The van der Waals surface area contributed by atoms with Gasteiger partial charge in [-0.1, -0.05) is 38.5 Å². The van der Waals surface area contributed by atoms with Crippen LogP contribution in [0.2, 0.25) is 0 Å². The fourth-order valence-corrected chi connectivity index (χ4v) is 3.16. The van der Waals surface area contributed by atoms with Crippen molar-refractivity contribution in [1.29, 1.82) is 0 Å². The quantitative estimate of drug-likeness (QED) is 0.801. The summed E-state index contributed by atoms with van der Waals surface area (Å²) < 4.78 is 29.6. The second-order valence-corrected chi connectivity index (χ2v) is 7.99. The number of ketones is 1. The molecule has 0 aliphatic rings. The molecule has 1 aromatic rings. The van der Waals surface area contributed by atoms with E-state index in [0.717, 1.165) is 5.56 Å². The lowest BCUT2D eigenvalue weighted by Crippen LogP contribution is -2.44. The normalized spacial score (nSPS) is 13.3. The molecule has 112 valence electrons. The van der Waals surface area contributed by atoms with Crippen molar-refractivity contribution in [3.8, 4) is 0 Å². The molecular formula is C15H22O4S. The van der Waals surface area contributed by atoms with E-state index in [0.29, 0.717) is 0 Å². The second kappa shape index (κ2) is 5.30. The smallest absolute Gasteiger partial charge is 0.296 e. The maximum atomic E-state index is 12.3. The highest BCUT2D eigenvalue weighted by molar-refractivity contribution is 7.86. The first-order valence-corrected chi connectivity index (χ1v) is 7.84. The van der Waals surface area contributed by atoms with Crippen molar-refractivity contribution in [2.45, 2.75) is 52.0 Å². The molecule has 0 saturated carbocycles. The predicted molar refractivity (Wildman–Crippen MR) is 78.0 cm³/mol. The minimum Gasteiger partial charge on any atom is -0.296 e. The molecule has 0 bridgehead atoms. The van der Waals surface area contributed by atoms with Gasteiger partial charge in [0.1, 0.15) is 5.60 Å². The van der Waals surface area contributed by atoms with E-state index in [4.69, 9.17) is 4.18 Å². The monoisotopic (exact) mass is 298 g/mol. The first-order valence-electron chi connectivity index (χ1n) is 6.43. The third-order valence-corrected chi connectivity index (χ3v) is 4.34. The number of rotatable bonds is 4. The Morgan fingerprint density at radius 2 is 1.45 bits per heavy atom. The molecule has 4 nitrogen and oxygen atoms in total. The Labute approximate surface area is 121 Å². The van der Waals surface area contributed by atoms with Gasteiger partial charge in [-0.15, -0.1) is 0 Å². The van der Waals surface area contributed by atoms with Crippen LogP contribution in [0.4, 0.5) is 0 Å². The fraction of sp³-hybridized carbons (Fsp3) is 0.533. The molecule has 0 saturated heterocycles. The summed E-state index contributed by atoms with van der Waals surface area (Å²) in [5, 5.41) is 0. The molecule has 0 radical (unpaired) electrons. The SMILES string of the molecule is Cc1ccc(S(=O)(=O)OC(C)(C)C(=O)C(C)(C)C)cc1. The van der Waals surface area contributed by atoms with Crippen molar-refractivity contribution in [2.75, 3.05) is 0 Å². The Morgan fingerprint density at radius 3 is 1.85 bits per heavy atom. The van der Waals surface area contributed by atoms with Gasteiger partial charge < -0.3 is 0 Å². The fourth-order valence-electron chi connectivity index (χ4n) is 1.97. The van der Waals surface area contributed by atoms with Crippen LogP contribution in [0.25, 0.3) is 0 Å². The summed E-state index contributed by atoms with van der Waals surface area (Å²) in [4.78, 5) is 12.3. The molecule has 0 atom stereocenters. The van der Waals surface area contributed by atoms with Gasteiger partial charge in [-0.2, -0.15) is 8.42 Å². The van der Waals surface area contributed by atoms with Gasteiger partial charge in [0, 0.05) is 5.41 Å². The summed E-state index contributed by atoms with van der Waals surface area (Å²) in [6.07, 6.45) is 0. The molecule has 0 spiro atoms. The lowest BCUT2D eigenvalue weighted by molar-refractivity contribution is -0.139. The molecule has 0 aliphatic heterocycles. The predicted octanol–water partition coefficient (Wildman–Crippen LogP) is 3.09. The lowest BCUT2D eigenvalue weighted by Gasteiger charge is -2.29. The van der Waals surface area contributed by atoms with E-state index in [1.54, 1.807) is 32.9 Å². The average Bonchev–Trinajstić information content (AvgIpc) is 2.26. The largest absolute Gasteiger partial charge is 0.297 e. The van der Waals surface area contributed by atoms with E-state index in [-0.39, 0.29) is 10.7 Å². The van der Waals surface area contributed by atoms with Gasteiger partial charge in [-0.3, -0.25) is 8.98 Å². The van der Waals surface area contributed by atoms with Gasteiger partial charge in [-0.25, -0.2) is 0 Å². The van der Waals surface area contributed by atoms with Crippen molar-refractivity contribution >= 4 is 15.9 Å². The minimum atomic E-state index is -3.96. The number of carbonyl (C=O) groups excluding carboxylic acids is 1. The Balaban J connectivity index is 3.07. The topological polar surface area (TPSA) is 60.4 Å². The van der Waals surface area contributed by atoms with Crippen LogP contribution in [0, 0.1) is 12.3 Å². The Kier molecular flexibility index (Phi) is 4.46. The minimum absolute atomic E-state index is 0.0536. The van der Waals surface area contributed by atoms with Crippen LogP contribution in [0.5, 0.6) is 0 Å². The molecule has 0 aliphatic carbocycles. The molecule has 1 rings (SSSR count). The second-order valence-electron chi connectivity index (χ2n) is 6.44. The Hall–Kier alpha value is -1.20. The van der Waals surface area contributed by atoms with Crippen molar-refractivity contribution in [2.24, 2.45) is 5.41 Å². The molecule has 1 aromatic carbocycles. The zero-order chi connectivity index (χ0) is 15.8. The van der Waals surface area contributed by atoms with Gasteiger partial charge in [-0.05, 0) is 32.9 Å². The van der Waals surface area contributed by atoms with Gasteiger partial charge in [0.2, 0.25) is 0 Å². The first kappa shape index (κ1) is 16.9. The van der Waals surface area contributed by atoms with Crippen LogP contribution in [0.15, 0.2) is 29.2 Å². The molecule has 0 fully saturated rings. The Morgan fingerprint density at radius 1 is 1.00 bits per heavy atom. The summed E-state index contributed by atoms with van der Waals surface area (Å²) in [5.74, 6) is -0.263. The molecule has 0 N–H and O–H groups in total. The van der Waals surface area contributed by atoms with Crippen LogP contribution >= 0.6 is 0 Å². The molecule has 0 unspecified atom stereocenters. The number of aryl methyl sites for hydroxylation is 1. The standard InChI is InChI=1S/C15H22O4S/c1-11-7-9-12(10-8-11)20(17,18)19-15(5,6)13(16)14(2,3)4/h7-10H,1-6H3. The van der Waals surface area contributed by atoms with Gasteiger partial charge >= 0.3 is 0 Å². The maximum absolute atomic E-state index is 12.3. The van der Waals surface area contributed by atoms with Crippen LogP contribution < -0.4 is 0 Å². The number of benzene rings is 1. The number of hydrogen-bond acceptors (Lipinski definition) is 4. The van der Waals surface area contributed by atoms with Crippen LogP contribution in [-0.4, -0.2) is 19.8 Å². The van der Waals surface area contributed by atoms with E-state index in [1.165, 1.54) is 26.0 Å². The van der Waals surface area contributed by atoms with Gasteiger partial charge in [0.05, 0.1) is 4.90 Å². The third-order valence-electron chi connectivity index (χ3n) is 2.86. The van der Waals surface area contributed by atoms with Crippen LogP contribution in [0.1, 0.15) is 40.2 Å². The number of Topliss-reactive ketones (excluding diaryl/α,β-unsaturated/α-hetero) is 1. The van der Waals surface area contributed by atoms with E-state index >= 15 is 0 Å². The lowest BCUT2D eigenvalue weighted by atomic mass is 9.82. The summed E-state index contributed by atoms with van der Waals surface area (Å²) in [6.45, 7) is 10.0. The molecule has 0 amide bonds. The zero-order valence-corrected chi connectivity index (χ0v) is 13.7. The first-order chi connectivity index (χ1) is 8.86.